The molecule has 0 radical (unpaired) electrons. The molecule has 1 N–H and O–H groups in total. The lowest BCUT2D eigenvalue weighted by molar-refractivity contribution is 0.0691. The third kappa shape index (κ3) is 4.17. The van der Waals surface area contributed by atoms with Gasteiger partial charge in [0.25, 0.3) is 0 Å². The molecule has 0 aromatic carbocycles. The molecule has 0 saturated carbocycles. The summed E-state index contributed by atoms with van der Waals surface area (Å²) in [6.45, 7) is 11.2. The number of hydrogen-bond donors (Lipinski definition) is 1. The minimum Gasteiger partial charge on any atom is -0.368 e. The van der Waals surface area contributed by atoms with Crippen molar-refractivity contribution in [2.45, 2.75) is 40.3 Å². The van der Waals surface area contributed by atoms with E-state index >= 15 is 0 Å². The SMILES string of the molecule is Cc1nc(C2CSCCO2)nc(C)c1CNCC(C)C. The van der Waals surface area contributed by atoms with Crippen molar-refractivity contribution < 1.29 is 4.74 Å². The maximum atomic E-state index is 5.77. The zero-order valence-electron chi connectivity index (χ0n) is 12.9. The van der Waals surface area contributed by atoms with Crippen LogP contribution in [0.3, 0.4) is 0 Å². The van der Waals surface area contributed by atoms with E-state index in [1.54, 1.807) is 0 Å². The summed E-state index contributed by atoms with van der Waals surface area (Å²) in [6, 6.07) is 0. The van der Waals surface area contributed by atoms with E-state index < -0.39 is 0 Å². The second-order valence-corrected chi connectivity index (χ2v) is 6.84. The maximum Gasteiger partial charge on any atom is 0.158 e. The van der Waals surface area contributed by atoms with Gasteiger partial charge in [-0.1, -0.05) is 13.8 Å². The van der Waals surface area contributed by atoms with E-state index in [9.17, 15) is 0 Å². The minimum atomic E-state index is 0.0591. The number of hydrogen-bond acceptors (Lipinski definition) is 5. The highest BCUT2D eigenvalue weighted by Crippen LogP contribution is 2.25. The van der Waals surface area contributed by atoms with Gasteiger partial charge in [0.05, 0.1) is 6.61 Å². The van der Waals surface area contributed by atoms with Gasteiger partial charge in [0.15, 0.2) is 5.82 Å². The van der Waals surface area contributed by atoms with Crippen molar-refractivity contribution in [2.75, 3.05) is 24.7 Å². The molecular weight excluding hydrogens is 270 g/mol. The number of rotatable bonds is 5. The molecule has 1 unspecified atom stereocenters. The summed E-state index contributed by atoms with van der Waals surface area (Å²) < 4.78 is 5.77. The molecule has 1 aromatic rings. The Balaban J connectivity index is 2.07. The highest BCUT2D eigenvalue weighted by Gasteiger charge is 2.21. The van der Waals surface area contributed by atoms with E-state index in [1.807, 2.05) is 11.8 Å². The fraction of sp³-hybridized carbons (Fsp3) is 0.733. The Kier molecular flexibility index (Phi) is 5.81. The topological polar surface area (TPSA) is 47.0 Å². The Morgan fingerprint density at radius 1 is 1.30 bits per heavy atom. The molecule has 20 heavy (non-hydrogen) atoms. The number of thioether (sulfide) groups is 1. The quantitative estimate of drug-likeness (QED) is 0.905. The molecule has 1 aliphatic rings. The molecule has 2 rings (SSSR count). The van der Waals surface area contributed by atoms with E-state index in [-0.39, 0.29) is 6.10 Å². The van der Waals surface area contributed by atoms with Crippen LogP contribution in [0.5, 0.6) is 0 Å². The maximum absolute atomic E-state index is 5.77. The van der Waals surface area contributed by atoms with Crippen molar-refractivity contribution in [1.29, 1.82) is 0 Å². The summed E-state index contributed by atoms with van der Waals surface area (Å²) in [4.78, 5) is 9.33. The van der Waals surface area contributed by atoms with Gasteiger partial charge >= 0.3 is 0 Å². The molecule has 0 amide bonds. The van der Waals surface area contributed by atoms with Gasteiger partial charge in [-0.3, -0.25) is 0 Å². The largest absolute Gasteiger partial charge is 0.368 e. The molecule has 1 aliphatic heterocycles. The smallest absolute Gasteiger partial charge is 0.158 e. The van der Waals surface area contributed by atoms with E-state index in [2.05, 4.69) is 43.0 Å². The summed E-state index contributed by atoms with van der Waals surface area (Å²) in [5.41, 5.74) is 3.36. The van der Waals surface area contributed by atoms with Gasteiger partial charge in [0.1, 0.15) is 6.10 Å². The van der Waals surface area contributed by atoms with Gasteiger partial charge in [-0.2, -0.15) is 11.8 Å². The van der Waals surface area contributed by atoms with Gasteiger partial charge in [0, 0.05) is 35.0 Å². The van der Waals surface area contributed by atoms with Crippen molar-refractivity contribution in [3.05, 3.63) is 22.8 Å². The summed E-state index contributed by atoms with van der Waals surface area (Å²) in [5.74, 6) is 3.54. The normalized spacial score (nSPS) is 19.6. The number of ether oxygens (including phenoxy) is 1. The highest BCUT2D eigenvalue weighted by molar-refractivity contribution is 7.99. The van der Waals surface area contributed by atoms with Crippen LogP contribution in [0.1, 0.15) is 42.7 Å². The van der Waals surface area contributed by atoms with Crippen LogP contribution in [0.15, 0.2) is 0 Å². The van der Waals surface area contributed by atoms with Crippen molar-refractivity contribution in [1.82, 2.24) is 15.3 Å². The third-order valence-corrected chi connectivity index (χ3v) is 4.39. The lowest BCUT2D eigenvalue weighted by atomic mass is 10.1. The van der Waals surface area contributed by atoms with Crippen LogP contribution in [-0.2, 0) is 11.3 Å². The molecular formula is C15H25N3OS. The van der Waals surface area contributed by atoms with Gasteiger partial charge < -0.3 is 10.1 Å². The van der Waals surface area contributed by atoms with Crippen LogP contribution in [0, 0.1) is 19.8 Å². The van der Waals surface area contributed by atoms with Crippen LogP contribution in [0.2, 0.25) is 0 Å². The first-order valence-corrected chi connectivity index (χ1v) is 8.47. The summed E-state index contributed by atoms with van der Waals surface area (Å²) in [6.07, 6.45) is 0.0591. The summed E-state index contributed by atoms with van der Waals surface area (Å²) >= 11 is 1.91. The van der Waals surface area contributed by atoms with Crippen LogP contribution >= 0.6 is 11.8 Å². The molecule has 2 heterocycles. The van der Waals surface area contributed by atoms with Gasteiger partial charge in [0.2, 0.25) is 0 Å². The standard InChI is InChI=1S/C15H25N3OS/c1-10(2)7-16-8-13-11(3)17-15(18-12(13)4)14-9-20-6-5-19-14/h10,14,16H,5-9H2,1-4H3. The number of aryl methyl sites for hydroxylation is 2. The minimum absolute atomic E-state index is 0.0591. The van der Waals surface area contributed by atoms with Gasteiger partial charge in [-0.05, 0) is 26.3 Å². The third-order valence-electron chi connectivity index (χ3n) is 3.40. The Morgan fingerprint density at radius 2 is 2.00 bits per heavy atom. The molecule has 0 spiro atoms. The number of aromatic nitrogens is 2. The summed E-state index contributed by atoms with van der Waals surface area (Å²) in [7, 11) is 0. The Hall–Kier alpha value is -0.650. The predicted octanol–water partition coefficient (Wildman–Crippen LogP) is 2.64. The molecule has 1 aromatic heterocycles. The van der Waals surface area contributed by atoms with Crippen LogP contribution < -0.4 is 5.32 Å². The van der Waals surface area contributed by atoms with Crippen LogP contribution in [-0.4, -0.2) is 34.6 Å². The molecule has 4 nitrogen and oxygen atoms in total. The first kappa shape index (κ1) is 15.7. The van der Waals surface area contributed by atoms with E-state index in [0.717, 1.165) is 48.4 Å². The second-order valence-electron chi connectivity index (χ2n) is 5.69. The molecule has 0 aliphatic carbocycles. The van der Waals surface area contributed by atoms with Gasteiger partial charge in [-0.15, -0.1) is 0 Å². The van der Waals surface area contributed by atoms with Crippen molar-refractivity contribution in [3.8, 4) is 0 Å². The molecule has 1 fully saturated rings. The average molecular weight is 295 g/mol. The van der Waals surface area contributed by atoms with Crippen LogP contribution in [0.4, 0.5) is 0 Å². The Labute approximate surface area is 126 Å². The van der Waals surface area contributed by atoms with Crippen LogP contribution in [0.25, 0.3) is 0 Å². The fourth-order valence-corrected chi connectivity index (χ4v) is 3.13. The Morgan fingerprint density at radius 3 is 2.55 bits per heavy atom. The average Bonchev–Trinajstić information content (AvgIpc) is 2.42. The molecule has 0 bridgehead atoms. The zero-order chi connectivity index (χ0) is 14.5. The van der Waals surface area contributed by atoms with Crippen molar-refractivity contribution in [2.24, 2.45) is 5.92 Å². The molecule has 5 heteroatoms. The Bertz CT molecular complexity index is 422. The lowest BCUT2D eigenvalue weighted by Gasteiger charge is -2.22. The zero-order valence-corrected chi connectivity index (χ0v) is 13.7. The van der Waals surface area contributed by atoms with Crippen molar-refractivity contribution in [3.63, 3.8) is 0 Å². The second kappa shape index (κ2) is 7.38. The van der Waals surface area contributed by atoms with Crippen molar-refractivity contribution >= 4 is 11.8 Å². The number of nitrogens with one attached hydrogen (secondary N) is 1. The molecule has 1 atom stereocenters. The predicted molar refractivity (Wildman–Crippen MR) is 84.1 cm³/mol. The van der Waals surface area contributed by atoms with E-state index in [4.69, 9.17) is 4.74 Å². The fourth-order valence-electron chi connectivity index (χ4n) is 2.29. The number of nitrogens with zero attached hydrogens (tertiary/aromatic N) is 2. The molecule has 1 saturated heterocycles. The first-order chi connectivity index (χ1) is 9.58. The van der Waals surface area contributed by atoms with E-state index in [1.165, 1.54) is 5.56 Å². The van der Waals surface area contributed by atoms with Gasteiger partial charge in [-0.25, -0.2) is 9.97 Å². The lowest BCUT2D eigenvalue weighted by Crippen LogP contribution is -2.23. The summed E-state index contributed by atoms with van der Waals surface area (Å²) in [5, 5.41) is 3.47. The first-order valence-electron chi connectivity index (χ1n) is 7.32. The molecule has 112 valence electrons. The van der Waals surface area contributed by atoms with E-state index in [0.29, 0.717) is 5.92 Å². The monoisotopic (exact) mass is 295 g/mol. The highest BCUT2D eigenvalue weighted by atomic mass is 32.2.